The number of hydrogen-bond donors (Lipinski definition) is 5. The van der Waals surface area contributed by atoms with Gasteiger partial charge in [0.1, 0.15) is 12.1 Å². The van der Waals surface area contributed by atoms with Crippen LogP contribution in [0.25, 0.3) is 0 Å². The second-order valence-corrected chi connectivity index (χ2v) is 10.0. The average molecular weight is 421 g/mol. The third-order valence-corrected chi connectivity index (χ3v) is 5.89. The van der Waals surface area contributed by atoms with Crippen LogP contribution in [-0.4, -0.2) is 52.3 Å². The molecule has 0 aliphatic carbocycles. The first-order valence-electron chi connectivity index (χ1n) is 9.84. The number of carbonyl (C=O) groups is 3. The van der Waals surface area contributed by atoms with Crippen molar-refractivity contribution in [2.24, 2.45) is 11.7 Å². The van der Waals surface area contributed by atoms with Crippen LogP contribution in [0.2, 0.25) is 0 Å². The Balaban J connectivity index is 4.61. The minimum atomic E-state index is -3.46. The number of carboxylic acids is 1. The highest BCUT2D eigenvalue weighted by molar-refractivity contribution is 7.57. The molecule has 2 unspecified atom stereocenters. The average Bonchev–Trinajstić information content (AvgIpc) is 2.60. The van der Waals surface area contributed by atoms with Crippen LogP contribution >= 0.6 is 7.37 Å². The van der Waals surface area contributed by atoms with E-state index < -0.39 is 37.2 Å². The first kappa shape index (κ1) is 26.6. The molecule has 3 atom stereocenters. The second-order valence-electron chi connectivity index (χ2n) is 7.56. The summed E-state index contributed by atoms with van der Waals surface area (Å²) >= 11 is 0. The Morgan fingerprint density at radius 3 is 2.32 bits per heavy atom. The van der Waals surface area contributed by atoms with E-state index in [9.17, 15) is 23.8 Å². The molecule has 0 rings (SSSR count). The highest BCUT2D eigenvalue weighted by Crippen LogP contribution is 2.40. The highest BCUT2D eigenvalue weighted by Gasteiger charge is 2.25. The summed E-state index contributed by atoms with van der Waals surface area (Å²) in [5.41, 5.74) is 5.37. The van der Waals surface area contributed by atoms with Crippen molar-refractivity contribution in [3.63, 3.8) is 0 Å². The molecular formula is C18H36N3O6P. The quantitative estimate of drug-likeness (QED) is 0.198. The molecule has 0 fully saturated rings. The molecular weight excluding hydrogens is 385 g/mol. The molecule has 0 saturated carbocycles. The van der Waals surface area contributed by atoms with E-state index in [2.05, 4.69) is 17.6 Å². The molecule has 0 aromatic rings. The van der Waals surface area contributed by atoms with Crippen LogP contribution < -0.4 is 16.4 Å². The molecule has 0 aromatic heterocycles. The molecule has 0 bridgehead atoms. The van der Waals surface area contributed by atoms with Crippen molar-refractivity contribution < 1.29 is 28.9 Å². The summed E-state index contributed by atoms with van der Waals surface area (Å²) in [4.78, 5) is 45.1. The van der Waals surface area contributed by atoms with Gasteiger partial charge in [0.15, 0.2) is 0 Å². The van der Waals surface area contributed by atoms with Gasteiger partial charge in [0.05, 0.1) is 6.29 Å². The molecule has 0 aromatic carbocycles. The zero-order valence-electron chi connectivity index (χ0n) is 17.1. The summed E-state index contributed by atoms with van der Waals surface area (Å²) in [5.74, 6) is -2.09. The summed E-state index contributed by atoms with van der Waals surface area (Å²) in [7, 11) is -3.46. The van der Waals surface area contributed by atoms with Gasteiger partial charge in [-0.25, -0.2) is 0 Å². The van der Waals surface area contributed by atoms with Crippen molar-refractivity contribution in [2.75, 3.05) is 12.4 Å². The molecule has 28 heavy (non-hydrogen) atoms. The molecule has 164 valence electrons. The Morgan fingerprint density at radius 1 is 1.14 bits per heavy atom. The van der Waals surface area contributed by atoms with E-state index in [4.69, 9.17) is 10.8 Å². The number of nitrogens with one attached hydrogen (secondary N) is 2. The largest absolute Gasteiger partial charge is 0.480 e. The third kappa shape index (κ3) is 12.9. The van der Waals surface area contributed by atoms with Crippen molar-refractivity contribution in [3.05, 3.63) is 0 Å². The van der Waals surface area contributed by atoms with Gasteiger partial charge < -0.3 is 26.4 Å². The minimum absolute atomic E-state index is 0.0409. The van der Waals surface area contributed by atoms with Gasteiger partial charge in [-0.05, 0) is 25.2 Å². The van der Waals surface area contributed by atoms with E-state index in [1.165, 1.54) is 0 Å². The van der Waals surface area contributed by atoms with Crippen LogP contribution in [0.3, 0.4) is 0 Å². The lowest BCUT2D eigenvalue weighted by Gasteiger charge is -2.21. The predicted molar refractivity (Wildman–Crippen MR) is 108 cm³/mol. The fraction of sp³-hybridized carbons (Fsp3) is 0.833. The topological polar surface area (TPSA) is 159 Å². The van der Waals surface area contributed by atoms with E-state index in [0.717, 1.165) is 19.3 Å². The van der Waals surface area contributed by atoms with Crippen LogP contribution in [0.1, 0.15) is 65.7 Å². The molecule has 0 radical (unpaired) electrons. The number of nitrogens with two attached hydrogens (primary N) is 1. The molecule has 0 spiro atoms. The Bertz CT molecular complexity index is 555. The van der Waals surface area contributed by atoms with Crippen molar-refractivity contribution in [1.82, 2.24) is 10.6 Å². The standard InChI is InChI=1S/C18H36N3O6P/c1-4-5-6-7-10-28(26,27)12-20-17(23)15(11-13(2)3)21-16(22)9-8-14(19)18(24)25/h13-15H,4-12,19H2,1-3H3,(H,20,23)(H,21,22)(H,24,25)(H,26,27)/t14?,15-/m0/s1. The molecule has 6 N–H and O–H groups in total. The predicted octanol–water partition coefficient (Wildman–Crippen LogP) is 1.63. The second kappa shape index (κ2) is 13.7. The lowest BCUT2D eigenvalue weighted by molar-refractivity contribution is -0.139. The van der Waals surface area contributed by atoms with E-state index in [0.29, 0.717) is 12.8 Å². The lowest BCUT2D eigenvalue weighted by atomic mass is 10.0. The number of hydrogen-bond acceptors (Lipinski definition) is 5. The van der Waals surface area contributed by atoms with Crippen LogP contribution in [-0.2, 0) is 18.9 Å². The number of aliphatic carboxylic acids is 1. The lowest BCUT2D eigenvalue weighted by Crippen LogP contribution is -2.48. The SMILES string of the molecule is CCCCCCP(=O)(O)CNC(=O)[C@H](CC(C)C)NC(=O)CCC(N)C(=O)O. The Labute approximate surface area is 167 Å². The monoisotopic (exact) mass is 421 g/mol. The molecule has 0 heterocycles. The van der Waals surface area contributed by atoms with Gasteiger partial charge in [-0.2, -0.15) is 0 Å². The number of amides is 2. The van der Waals surface area contributed by atoms with E-state index >= 15 is 0 Å². The maximum absolute atomic E-state index is 12.4. The molecule has 2 amide bonds. The Kier molecular flexibility index (Phi) is 13.0. The fourth-order valence-corrected chi connectivity index (χ4v) is 3.85. The fourth-order valence-electron chi connectivity index (χ4n) is 2.57. The van der Waals surface area contributed by atoms with E-state index in [1.807, 2.05) is 13.8 Å². The van der Waals surface area contributed by atoms with Crippen LogP contribution in [0, 0.1) is 5.92 Å². The van der Waals surface area contributed by atoms with Gasteiger partial charge in [0.25, 0.3) is 0 Å². The number of carboxylic acid groups (broad SMARTS) is 1. The van der Waals surface area contributed by atoms with Gasteiger partial charge >= 0.3 is 5.97 Å². The zero-order chi connectivity index (χ0) is 21.7. The van der Waals surface area contributed by atoms with Gasteiger partial charge in [0, 0.05) is 12.6 Å². The molecule has 9 nitrogen and oxygen atoms in total. The third-order valence-electron chi connectivity index (χ3n) is 4.22. The Hall–Kier alpha value is -1.44. The maximum atomic E-state index is 12.4. The number of rotatable bonds is 15. The number of unbranched alkanes of at least 4 members (excludes halogenated alkanes) is 3. The molecule has 0 aliphatic rings. The maximum Gasteiger partial charge on any atom is 0.320 e. The summed E-state index contributed by atoms with van der Waals surface area (Å²) in [6, 6.07) is -2.00. The summed E-state index contributed by atoms with van der Waals surface area (Å²) in [6.45, 7) is 5.83. The van der Waals surface area contributed by atoms with Crippen molar-refractivity contribution in [3.8, 4) is 0 Å². The van der Waals surface area contributed by atoms with Crippen LogP contribution in [0.5, 0.6) is 0 Å². The van der Waals surface area contributed by atoms with Crippen LogP contribution in [0.4, 0.5) is 0 Å². The van der Waals surface area contributed by atoms with Crippen molar-refractivity contribution in [2.45, 2.75) is 77.8 Å². The zero-order valence-corrected chi connectivity index (χ0v) is 18.0. The van der Waals surface area contributed by atoms with Gasteiger partial charge in [-0.1, -0.05) is 40.0 Å². The normalized spacial score (nSPS) is 15.5. The first-order valence-corrected chi connectivity index (χ1v) is 11.9. The van der Waals surface area contributed by atoms with Crippen molar-refractivity contribution >= 4 is 25.2 Å². The Morgan fingerprint density at radius 2 is 1.79 bits per heavy atom. The summed E-state index contributed by atoms with van der Waals surface area (Å²) < 4.78 is 12.2. The summed E-state index contributed by atoms with van der Waals surface area (Å²) in [5, 5.41) is 13.8. The molecule has 10 heteroatoms. The van der Waals surface area contributed by atoms with Gasteiger partial charge in [-0.3, -0.25) is 18.9 Å². The van der Waals surface area contributed by atoms with E-state index in [-0.39, 0.29) is 31.2 Å². The van der Waals surface area contributed by atoms with Gasteiger partial charge in [-0.15, -0.1) is 0 Å². The summed E-state index contributed by atoms with van der Waals surface area (Å²) in [6.07, 6.45) is 3.56. The highest BCUT2D eigenvalue weighted by atomic mass is 31.2. The molecule has 0 saturated heterocycles. The number of carbonyl (C=O) groups excluding carboxylic acids is 2. The van der Waals surface area contributed by atoms with Crippen molar-refractivity contribution in [1.29, 1.82) is 0 Å². The van der Waals surface area contributed by atoms with Crippen LogP contribution in [0.15, 0.2) is 0 Å². The first-order chi connectivity index (χ1) is 13.0. The van der Waals surface area contributed by atoms with Gasteiger partial charge in [0.2, 0.25) is 19.2 Å². The minimum Gasteiger partial charge on any atom is -0.480 e. The molecule has 0 aliphatic heterocycles. The smallest absolute Gasteiger partial charge is 0.320 e. The van der Waals surface area contributed by atoms with E-state index in [1.54, 1.807) is 0 Å².